The Hall–Kier alpha value is -6.34. The van der Waals surface area contributed by atoms with Gasteiger partial charge in [-0.25, -0.2) is 14.2 Å². The maximum atomic E-state index is 13.8. The van der Waals surface area contributed by atoms with Gasteiger partial charge in [-0.05, 0) is 68.3 Å². The van der Waals surface area contributed by atoms with Gasteiger partial charge in [0.1, 0.15) is 23.3 Å². The number of hydrogen-bond acceptors (Lipinski definition) is 12. The number of nitrogens with one attached hydrogen (secondary N) is 5. The van der Waals surface area contributed by atoms with Crippen LogP contribution in [0.2, 0.25) is 0 Å². The molecule has 0 aliphatic carbocycles. The summed E-state index contributed by atoms with van der Waals surface area (Å²) in [5, 5.41) is 21.5. The monoisotopic (exact) mass is 734 g/mol. The smallest absolute Gasteiger partial charge is 0.410 e. The van der Waals surface area contributed by atoms with E-state index < -0.39 is 11.6 Å². The van der Waals surface area contributed by atoms with E-state index in [1.165, 1.54) is 12.1 Å². The number of nitriles is 1. The molecule has 16 heteroatoms. The number of imidazole rings is 1. The van der Waals surface area contributed by atoms with Crippen LogP contribution in [0, 0.1) is 17.1 Å². The quantitative estimate of drug-likeness (QED) is 0.116. The molecule has 1 atom stereocenters. The summed E-state index contributed by atoms with van der Waals surface area (Å²) in [6, 6.07) is 20.6. The lowest BCUT2D eigenvalue weighted by Gasteiger charge is -2.35. The van der Waals surface area contributed by atoms with E-state index in [1.54, 1.807) is 42.3 Å². The lowest BCUT2D eigenvalue weighted by atomic mass is 10.0. The van der Waals surface area contributed by atoms with Crippen molar-refractivity contribution in [1.82, 2.24) is 40.0 Å². The number of carbonyl (C=O) groups excluding carboxylic acids is 2. The van der Waals surface area contributed by atoms with E-state index in [1.807, 2.05) is 45.0 Å². The molecular formula is C38H43FN12O3. The minimum Gasteiger partial charge on any atom is -0.444 e. The zero-order chi connectivity index (χ0) is 38.2. The van der Waals surface area contributed by atoms with Gasteiger partial charge in [0.25, 0.3) is 0 Å². The molecule has 5 aromatic rings. The van der Waals surface area contributed by atoms with Gasteiger partial charge in [0, 0.05) is 57.9 Å². The molecule has 0 unspecified atom stereocenters. The number of likely N-dealkylation sites (N-methyl/N-ethyl adjacent to an activating group) is 1. The van der Waals surface area contributed by atoms with Crippen molar-refractivity contribution in [1.29, 1.82) is 5.26 Å². The lowest BCUT2D eigenvalue weighted by molar-refractivity contribution is -0.121. The molecule has 0 radical (unpaired) electrons. The van der Waals surface area contributed by atoms with Crippen LogP contribution in [-0.2, 0) is 29.0 Å². The second-order valence-corrected chi connectivity index (χ2v) is 13.9. The first-order chi connectivity index (χ1) is 25.9. The summed E-state index contributed by atoms with van der Waals surface area (Å²) in [4.78, 5) is 51.0. The Bertz CT molecular complexity index is 2140. The average Bonchev–Trinajstić information content (AvgIpc) is 3.55. The SMILES string of the molecule is CNC(=O)[C@H](Cc1ccc(C#N)cc1)Nc1nc(NCc2nc3cc(F)ccc3[nH]2)nc(Nc2cccc(CN3CCN(C(=O)OC(C)(C)C)CC3)c2)n1. The van der Waals surface area contributed by atoms with Crippen molar-refractivity contribution in [3.8, 4) is 6.07 Å². The fourth-order valence-corrected chi connectivity index (χ4v) is 5.89. The molecule has 1 aliphatic rings. The van der Waals surface area contributed by atoms with Crippen LogP contribution in [0.4, 0.5) is 32.7 Å². The van der Waals surface area contributed by atoms with Crippen molar-refractivity contribution in [2.75, 3.05) is 49.2 Å². The minimum absolute atomic E-state index is 0.142. The van der Waals surface area contributed by atoms with Crippen molar-refractivity contribution in [3.05, 3.63) is 95.1 Å². The Balaban J connectivity index is 1.19. The lowest BCUT2D eigenvalue weighted by Crippen LogP contribution is -2.49. The van der Waals surface area contributed by atoms with E-state index in [0.717, 1.165) is 16.8 Å². The fraction of sp³-hybridized carbons (Fsp3) is 0.342. The number of halogens is 1. The van der Waals surface area contributed by atoms with Crippen molar-refractivity contribution in [2.24, 2.45) is 0 Å². The van der Waals surface area contributed by atoms with Crippen LogP contribution in [-0.4, -0.2) is 91.6 Å². The van der Waals surface area contributed by atoms with E-state index in [9.17, 15) is 19.2 Å². The summed E-state index contributed by atoms with van der Waals surface area (Å²) >= 11 is 0. The normalized spacial score (nSPS) is 13.9. The highest BCUT2D eigenvalue weighted by molar-refractivity contribution is 5.84. The molecular weight excluding hydrogens is 691 g/mol. The minimum atomic E-state index is -0.754. The summed E-state index contributed by atoms with van der Waals surface area (Å²) in [7, 11) is 1.55. The van der Waals surface area contributed by atoms with Gasteiger partial charge in [-0.1, -0.05) is 24.3 Å². The third-order valence-corrected chi connectivity index (χ3v) is 8.55. The maximum Gasteiger partial charge on any atom is 0.410 e. The number of aromatic amines is 1. The highest BCUT2D eigenvalue weighted by atomic mass is 19.1. The largest absolute Gasteiger partial charge is 0.444 e. The molecule has 1 aliphatic heterocycles. The molecule has 280 valence electrons. The molecule has 54 heavy (non-hydrogen) atoms. The number of amides is 2. The van der Waals surface area contributed by atoms with Crippen molar-refractivity contribution in [2.45, 2.75) is 51.9 Å². The van der Waals surface area contributed by atoms with Gasteiger partial charge >= 0.3 is 6.09 Å². The summed E-state index contributed by atoms with van der Waals surface area (Å²) in [5.41, 5.74) is 3.80. The molecule has 2 amide bonds. The first-order valence-electron chi connectivity index (χ1n) is 17.6. The Labute approximate surface area is 312 Å². The number of rotatable bonds is 12. The Morgan fingerprint density at radius 3 is 2.41 bits per heavy atom. The number of piperazine rings is 1. The first-order valence-corrected chi connectivity index (χ1v) is 17.6. The van der Waals surface area contributed by atoms with Gasteiger partial charge in [0.05, 0.1) is 29.2 Å². The standard InChI is InChI=1S/C38H43FN12O3/c1-38(2,3)54-37(53)51-16-14-50(15-17-51)23-26-6-5-7-28(18-26)43-35-47-34(42-22-32-44-29-13-12-27(39)20-30(29)45-32)48-36(49-35)46-31(33(52)41-4)19-24-8-10-25(21-40)11-9-24/h5-13,18,20,31H,14-17,19,22-23H2,1-4H3,(H,41,52)(H,44,45)(H3,42,43,46,47,48,49)/t31-/m0/s1. The molecule has 6 rings (SSSR count). The fourth-order valence-electron chi connectivity index (χ4n) is 5.89. The average molecular weight is 735 g/mol. The maximum absolute atomic E-state index is 13.8. The number of aromatic nitrogens is 5. The summed E-state index contributed by atoms with van der Waals surface area (Å²) < 4.78 is 19.3. The molecule has 3 aromatic carbocycles. The van der Waals surface area contributed by atoms with Gasteiger partial charge in [-0.2, -0.15) is 20.2 Å². The molecule has 3 heterocycles. The molecule has 0 spiro atoms. The van der Waals surface area contributed by atoms with Crippen LogP contribution < -0.4 is 21.3 Å². The van der Waals surface area contributed by atoms with Crippen LogP contribution in [0.3, 0.4) is 0 Å². The second-order valence-electron chi connectivity index (χ2n) is 13.9. The van der Waals surface area contributed by atoms with Crippen LogP contribution in [0.25, 0.3) is 11.0 Å². The zero-order valence-electron chi connectivity index (χ0n) is 30.6. The summed E-state index contributed by atoms with van der Waals surface area (Å²) in [5.74, 6) is 0.451. The van der Waals surface area contributed by atoms with Crippen molar-refractivity contribution < 1.29 is 18.7 Å². The van der Waals surface area contributed by atoms with Crippen molar-refractivity contribution in [3.63, 3.8) is 0 Å². The van der Waals surface area contributed by atoms with Crippen LogP contribution >= 0.6 is 0 Å². The van der Waals surface area contributed by atoms with Gasteiger partial charge in [-0.15, -0.1) is 0 Å². The third-order valence-electron chi connectivity index (χ3n) is 8.55. The van der Waals surface area contributed by atoms with Crippen LogP contribution in [0.5, 0.6) is 0 Å². The molecule has 15 nitrogen and oxygen atoms in total. The molecule has 0 saturated carbocycles. The number of fused-ring (bicyclic) bond motifs is 1. The van der Waals surface area contributed by atoms with Crippen LogP contribution in [0.15, 0.2) is 66.7 Å². The number of H-pyrrole nitrogens is 1. The van der Waals surface area contributed by atoms with Gasteiger partial charge in [-0.3, -0.25) is 9.69 Å². The van der Waals surface area contributed by atoms with Gasteiger partial charge in [0.15, 0.2) is 0 Å². The topological polar surface area (TPSA) is 189 Å². The summed E-state index contributed by atoms with van der Waals surface area (Å²) in [6.45, 7) is 9.04. The molecule has 2 aromatic heterocycles. The van der Waals surface area contributed by atoms with Crippen LogP contribution in [0.1, 0.15) is 43.3 Å². The Morgan fingerprint density at radius 2 is 1.69 bits per heavy atom. The molecule has 1 fully saturated rings. The number of benzene rings is 3. The Morgan fingerprint density at radius 1 is 0.944 bits per heavy atom. The number of carbonyl (C=O) groups is 2. The van der Waals surface area contributed by atoms with E-state index >= 15 is 0 Å². The number of ether oxygens (including phenoxy) is 1. The predicted molar refractivity (Wildman–Crippen MR) is 202 cm³/mol. The molecule has 1 saturated heterocycles. The number of nitrogens with zero attached hydrogens (tertiary/aromatic N) is 7. The highest BCUT2D eigenvalue weighted by Gasteiger charge is 2.26. The first kappa shape index (κ1) is 37.4. The number of hydrogen-bond donors (Lipinski definition) is 5. The zero-order valence-corrected chi connectivity index (χ0v) is 30.6. The van der Waals surface area contributed by atoms with E-state index in [-0.39, 0.29) is 42.2 Å². The number of anilines is 4. The van der Waals surface area contributed by atoms with Gasteiger partial charge in [0.2, 0.25) is 23.8 Å². The van der Waals surface area contributed by atoms with E-state index in [0.29, 0.717) is 61.6 Å². The van der Waals surface area contributed by atoms with Crippen molar-refractivity contribution >= 4 is 46.6 Å². The molecule has 0 bridgehead atoms. The summed E-state index contributed by atoms with van der Waals surface area (Å²) in [6.07, 6.45) is 0.00366. The van der Waals surface area contributed by atoms with E-state index in [2.05, 4.69) is 57.2 Å². The predicted octanol–water partition coefficient (Wildman–Crippen LogP) is 4.94. The Kier molecular flexibility index (Phi) is 11.5. The molecule has 5 N–H and O–H groups in total. The third kappa shape index (κ3) is 10.2. The van der Waals surface area contributed by atoms with Gasteiger partial charge < -0.3 is 35.9 Å². The second kappa shape index (κ2) is 16.6. The van der Waals surface area contributed by atoms with E-state index in [4.69, 9.17) is 4.74 Å². The highest BCUT2D eigenvalue weighted by Crippen LogP contribution is 2.21.